The average molecular weight is 321 g/mol. The monoisotopic (exact) mass is 320 g/mol. The summed E-state index contributed by atoms with van der Waals surface area (Å²) >= 11 is -2.39. The zero-order chi connectivity index (χ0) is 10.4. The molecule has 0 fully saturated rings. The molecule has 1 aliphatic rings. The molecule has 0 unspecified atom stereocenters. The van der Waals surface area contributed by atoms with Crippen molar-refractivity contribution in [2.24, 2.45) is 0 Å². The second-order valence-electron chi connectivity index (χ2n) is 4.00. The van der Waals surface area contributed by atoms with Crippen LogP contribution in [0.3, 0.4) is 0 Å². The van der Waals surface area contributed by atoms with Crippen molar-refractivity contribution >= 4 is 36.2 Å². The molecule has 0 heterocycles. The number of rotatable bonds is 1. The van der Waals surface area contributed by atoms with Crippen molar-refractivity contribution in [1.82, 2.24) is 0 Å². The van der Waals surface area contributed by atoms with E-state index >= 15 is 0 Å². The summed E-state index contributed by atoms with van der Waals surface area (Å²) in [6.07, 6.45) is 0. The molecule has 1 aliphatic carbocycles. The Kier molecular flexibility index (Phi) is 3.53. The van der Waals surface area contributed by atoms with Crippen molar-refractivity contribution in [3.05, 3.63) is 22.3 Å². The van der Waals surface area contributed by atoms with E-state index in [1.54, 1.807) is 0 Å². The first kappa shape index (κ1) is 12.0. The fourth-order valence-corrected chi connectivity index (χ4v) is 9.45. The van der Waals surface area contributed by atoms with E-state index in [9.17, 15) is 0 Å². The quantitative estimate of drug-likeness (QED) is 0.672. The first-order chi connectivity index (χ1) is 5.83. The molecule has 0 saturated carbocycles. The minimum absolute atomic E-state index is 0.0545. The summed E-state index contributed by atoms with van der Waals surface area (Å²) in [6, 6.07) is 0. The van der Waals surface area contributed by atoms with Gasteiger partial charge in [0.15, 0.2) is 0 Å². The van der Waals surface area contributed by atoms with Crippen molar-refractivity contribution < 1.29 is 0 Å². The molecule has 0 aromatic heterocycles. The van der Waals surface area contributed by atoms with Gasteiger partial charge in [0.1, 0.15) is 0 Å². The molecule has 1 rings (SSSR count). The summed E-state index contributed by atoms with van der Waals surface area (Å²) in [5, 5.41) is 0. The number of hydrogen-bond donors (Lipinski definition) is 0. The summed E-state index contributed by atoms with van der Waals surface area (Å²) < 4.78 is 0.0545. The zero-order valence-corrected chi connectivity index (χ0v) is 13.6. The van der Waals surface area contributed by atoms with E-state index in [0.29, 0.717) is 0 Å². The van der Waals surface area contributed by atoms with E-state index in [2.05, 4.69) is 34.6 Å². The molecule has 0 amide bonds. The molecule has 0 aromatic carbocycles. The fraction of sp³-hybridized carbons (Fsp3) is 0.600. The van der Waals surface area contributed by atoms with Crippen molar-refractivity contribution in [1.29, 1.82) is 0 Å². The van der Waals surface area contributed by atoms with E-state index in [1.165, 1.54) is 22.3 Å². The summed E-state index contributed by atoms with van der Waals surface area (Å²) in [4.78, 5) is 0. The van der Waals surface area contributed by atoms with Crippen LogP contribution in [0.25, 0.3) is 0 Å². The predicted octanol–water partition coefficient (Wildman–Crippen LogP) is 4.40. The zero-order valence-electron chi connectivity index (χ0n) is 8.83. The second-order valence-corrected chi connectivity index (χ2v) is 16.4. The van der Waals surface area contributed by atoms with E-state index in [0.717, 1.165) is 0 Å². The van der Waals surface area contributed by atoms with Gasteiger partial charge in [-0.3, -0.25) is 0 Å². The molecule has 0 saturated heterocycles. The third kappa shape index (κ3) is 1.61. The van der Waals surface area contributed by atoms with Gasteiger partial charge in [0.2, 0.25) is 0 Å². The molecule has 0 radical (unpaired) electrons. The summed E-state index contributed by atoms with van der Waals surface area (Å²) in [5.74, 6) is 0. The third-order valence-electron chi connectivity index (χ3n) is 3.68. The number of allylic oxidation sites excluding steroid dienone is 4. The Bertz CT molecular complexity index is 276. The van der Waals surface area contributed by atoms with Gasteiger partial charge < -0.3 is 0 Å². The van der Waals surface area contributed by atoms with Crippen LogP contribution >= 0.6 is 17.2 Å². The summed E-state index contributed by atoms with van der Waals surface area (Å²) in [6.45, 7) is 10.9. The molecule has 13 heavy (non-hydrogen) atoms. The molecular formula is C10H15Cl2In. The molecule has 0 aliphatic heterocycles. The Morgan fingerprint density at radius 3 is 1.38 bits per heavy atom. The van der Waals surface area contributed by atoms with E-state index in [-0.39, 0.29) is 3.17 Å². The number of halogens is 2. The molecule has 0 atom stereocenters. The minimum atomic E-state index is -2.39. The maximum absolute atomic E-state index is 6.25. The van der Waals surface area contributed by atoms with Crippen molar-refractivity contribution in [2.75, 3.05) is 0 Å². The van der Waals surface area contributed by atoms with Crippen molar-refractivity contribution in [2.45, 2.75) is 37.8 Å². The first-order valence-electron chi connectivity index (χ1n) is 4.48. The standard InChI is InChI=1S/C10H15.2ClH.In/c1-6-7(2)9(4)10(5)8(6)3;;;/h1-5H3;2*1H;/q;;;+2/p-2. The van der Waals surface area contributed by atoms with Gasteiger partial charge in [-0.15, -0.1) is 0 Å². The van der Waals surface area contributed by atoms with Crippen LogP contribution in [0.2, 0.25) is 3.17 Å². The van der Waals surface area contributed by atoms with Gasteiger partial charge in [-0.25, -0.2) is 0 Å². The molecule has 0 aromatic rings. The molecule has 0 bridgehead atoms. The van der Waals surface area contributed by atoms with Gasteiger partial charge in [0.25, 0.3) is 0 Å². The summed E-state index contributed by atoms with van der Waals surface area (Å²) in [5.41, 5.74) is 5.58. The van der Waals surface area contributed by atoms with Crippen molar-refractivity contribution in [3.8, 4) is 0 Å². The summed E-state index contributed by atoms with van der Waals surface area (Å²) in [7, 11) is 12.5. The Balaban J connectivity index is 3.31. The maximum atomic E-state index is 6.25. The normalized spacial score (nSPS) is 21.5. The van der Waals surface area contributed by atoms with Gasteiger partial charge >= 0.3 is 96.3 Å². The molecule has 0 spiro atoms. The van der Waals surface area contributed by atoms with E-state index in [4.69, 9.17) is 17.2 Å². The van der Waals surface area contributed by atoms with Crippen LogP contribution < -0.4 is 0 Å². The van der Waals surface area contributed by atoms with Crippen LogP contribution in [0, 0.1) is 0 Å². The molecule has 0 nitrogen and oxygen atoms in total. The molecule has 0 N–H and O–H groups in total. The van der Waals surface area contributed by atoms with E-state index < -0.39 is 19.1 Å². The average Bonchev–Trinajstić information content (AvgIpc) is 2.22. The van der Waals surface area contributed by atoms with Crippen LogP contribution in [0.4, 0.5) is 0 Å². The topological polar surface area (TPSA) is 0 Å². The van der Waals surface area contributed by atoms with Crippen LogP contribution in [-0.2, 0) is 0 Å². The van der Waals surface area contributed by atoms with Crippen LogP contribution in [-0.4, -0.2) is 19.1 Å². The Morgan fingerprint density at radius 2 is 1.23 bits per heavy atom. The van der Waals surface area contributed by atoms with E-state index in [1.807, 2.05) is 0 Å². The third-order valence-corrected chi connectivity index (χ3v) is 14.5. The molecule has 72 valence electrons. The Labute approximate surface area is 95.7 Å². The van der Waals surface area contributed by atoms with Crippen LogP contribution in [0.1, 0.15) is 34.6 Å². The van der Waals surface area contributed by atoms with Crippen molar-refractivity contribution in [3.63, 3.8) is 0 Å². The van der Waals surface area contributed by atoms with Crippen LogP contribution in [0.15, 0.2) is 22.3 Å². The van der Waals surface area contributed by atoms with Crippen LogP contribution in [0.5, 0.6) is 0 Å². The van der Waals surface area contributed by atoms with Gasteiger partial charge in [0, 0.05) is 0 Å². The first-order valence-corrected chi connectivity index (χ1v) is 14.5. The number of hydrogen-bond acceptors (Lipinski definition) is 0. The van der Waals surface area contributed by atoms with Gasteiger partial charge in [-0.05, 0) is 0 Å². The SMILES string of the molecule is CC1=C(C)[C](C)([In]([Cl])[Cl])C(C)=C1C. The second kappa shape index (κ2) is 3.83. The molecule has 3 heteroatoms. The molecular weight excluding hydrogens is 306 g/mol. The van der Waals surface area contributed by atoms with Gasteiger partial charge in [0.05, 0.1) is 0 Å². The predicted molar refractivity (Wildman–Crippen MR) is 62.6 cm³/mol. The van der Waals surface area contributed by atoms with Gasteiger partial charge in [-0.2, -0.15) is 0 Å². The fourth-order valence-electron chi connectivity index (χ4n) is 1.95. The Morgan fingerprint density at radius 1 is 0.923 bits per heavy atom. The van der Waals surface area contributed by atoms with Gasteiger partial charge in [-0.1, -0.05) is 0 Å². The Hall–Kier alpha value is 0.930.